The summed E-state index contributed by atoms with van der Waals surface area (Å²) in [7, 11) is 1.44. The van der Waals surface area contributed by atoms with Crippen LogP contribution in [0.1, 0.15) is 29.7 Å². The molecule has 0 aliphatic rings. The second-order valence-electron chi connectivity index (χ2n) is 7.53. The molecule has 0 bridgehead atoms. The molecule has 3 aromatic rings. The number of carboxylic acid groups (broad SMARTS) is 1. The Morgan fingerprint density at radius 1 is 1.03 bits per heavy atom. The van der Waals surface area contributed by atoms with Crippen molar-refractivity contribution >= 4 is 29.1 Å². The van der Waals surface area contributed by atoms with Gasteiger partial charge in [0.2, 0.25) is 5.91 Å². The molecule has 3 rings (SSSR count). The Morgan fingerprint density at radius 2 is 1.71 bits per heavy atom. The fraction of sp³-hybridized carbons (Fsp3) is 0.160. The molecule has 0 aliphatic heterocycles. The number of amidine groups is 1. The van der Waals surface area contributed by atoms with Gasteiger partial charge in [-0.1, -0.05) is 30.3 Å². The zero-order valence-electron chi connectivity index (χ0n) is 19.2. The van der Waals surface area contributed by atoms with Gasteiger partial charge in [-0.25, -0.2) is 4.79 Å². The van der Waals surface area contributed by atoms with Crippen LogP contribution in [0.5, 0.6) is 11.5 Å². The van der Waals surface area contributed by atoms with Crippen LogP contribution < -0.4 is 25.6 Å². The van der Waals surface area contributed by atoms with Gasteiger partial charge in [-0.3, -0.25) is 20.9 Å². The highest BCUT2D eigenvalue weighted by molar-refractivity contribution is 5.96. The average Bonchev–Trinajstić information content (AvgIpc) is 2.86. The Balaban J connectivity index is 1.96. The summed E-state index contributed by atoms with van der Waals surface area (Å²) in [4.78, 5) is 24.1. The van der Waals surface area contributed by atoms with Crippen molar-refractivity contribution in [2.75, 3.05) is 17.7 Å². The molecule has 182 valence electrons. The molecule has 1 amide bonds. The topological polar surface area (TPSA) is 153 Å². The van der Waals surface area contributed by atoms with E-state index in [9.17, 15) is 14.7 Å². The third-order valence-electron chi connectivity index (χ3n) is 5.04. The Hall–Kier alpha value is -4.57. The Kier molecular flexibility index (Phi) is 8.25. The van der Waals surface area contributed by atoms with Gasteiger partial charge >= 0.3 is 5.97 Å². The lowest BCUT2D eigenvalue weighted by molar-refractivity contribution is -0.138. The summed E-state index contributed by atoms with van der Waals surface area (Å²) in [5.74, 6) is -1.13. The number of hydrogen-bond acceptors (Lipinski definition) is 7. The van der Waals surface area contributed by atoms with Crippen molar-refractivity contribution in [3.63, 3.8) is 0 Å². The van der Waals surface area contributed by atoms with E-state index in [0.717, 1.165) is 5.56 Å². The largest absolute Gasteiger partial charge is 0.493 e. The molecule has 1 unspecified atom stereocenters. The fourth-order valence-electron chi connectivity index (χ4n) is 3.36. The van der Waals surface area contributed by atoms with Crippen LogP contribution in [0.15, 0.2) is 66.7 Å². The zero-order chi connectivity index (χ0) is 25.4. The summed E-state index contributed by atoms with van der Waals surface area (Å²) in [6.07, 6.45) is 0. The molecule has 0 saturated heterocycles. The molecule has 6 N–H and O–H groups in total. The van der Waals surface area contributed by atoms with Crippen LogP contribution in [0.25, 0.3) is 0 Å². The number of hydroxylamine groups is 1. The minimum Gasteiger partial charge on any atom is -0.493 e. The maximum atomic E-state index is 12.2. The number of methoxy groups -OCH3 is 1. The molecule has 0 aliphatic carbocycles. The second-order valence-corrected chi connectivity index (χ2v) is 7.53. The molecule has 10 nitrogen and oxygen atoms in total. The van der Waals surface area contributed by atoms with Crippen molar-refractivity contribution in [2.24, 2.45) is 0 Å². The number of ether oxygens (including phenoxy) is 2. The maximum absolute atomic E-state index is 12.2. The predicted octanol–water partition coefficient (Wildman–Crippen LogP) is 3.77. The van der Waals surface area contributed by atoms with Gasteiger partial charge in [0.25, 0.3) is 0 Å². The highest BCUT2D eigenvalue weighted by Gasteiger charge is 2.26. The molecule has 35 heavy (non-hydrogen) atoms. The first kappa shape index (κ1) is 25.1. The summed E-state index contributed by atoms with van der Waals surface area (Å²) >= 11 is 0. The summed E-state index contributed by atoms with van der Waals surface area (Å²) in [6, 6.07) is 17.5. The summed E-state index contributed by atoms with van der Waals surface area (Å²) in [6.45, 7) is 1.57. The van der Waals surface area contributed by atoms with E-state index < -0.39 is 12.0 Å². The number of anilines is 2. The third-order valence-corrected chi connectivity index (χ3v) is 5.04. The first-order valence-corrected chi connectivity index (χ1v) is 10.6. The number of aliphatic carboxylic acids is 1. The SMILES string of the molecule is COc1cc(C(Nc2ccc(C(=N)NO)cc2)C(=O)O)c(NC(C)=O)cc1OCc1ccccc1. The highest BCUT2D eigenvalue weighted by atomic mass is 16.5. The first-order valence-electron chi connectivity index (χ1n) is 10.6. The van der Waals surface area contributed by atoms with Crippen LogP contribution in [-0.2, 0) is 16.2 Å². The summed E-state index contributed by atoms with van der Waals surface area (Å²) < 4.78 is 11.4. The van der Waals surface area contributed by atoms with Crippen molar-refractivity contribution in [2.45, 2.75) is 19.6 Å². The van der Waals surface area contributed by atoms with Crippen LogP contribution in [0.4, 0.5) is 11.4 Å². The van der Waals surface area contributed by atoms with Gasteiger partial charge in [0, 0.05) is 29.8 Å². The lowest BCUT2D eigenvalue weighted by Gasteiger charge is -2.22. The quantitative estimate of drug-likeness (QED) is 0.146. The van der Waals surface area contributed by atoms with Crippen molar-refractivity contribution in [3.05, 3.63) is 83.4 Å². The zero-order valence-corrected chi connectivity index (χ0v) is 19.2. The van der Waals surface area contributed by atoms with E-state index in [4.69, 9.17) is 20.1 Å². The molecule has 10 heteroatoms. The second kappa shape index (κ2) is 11.5. The first-order chi connectivity index (χ1) is 16.8. The fourth-order valence-corrected chi connectivity index (χ4v) is 3.36. The van der Waals surface area contributed by atoms with E-state index in [0.29, 0.717) is 22.7 Å². The number of carbonyl (C=O) groups excluding carboxylic acids is 1. The van der Waals surface area contributed by atoms with E-state index in [1.807, 2.05) is 30.3 Å². The van der Waals surface area contributed by atoms with Gasteiger partial charge in [0.15, 0.2) is 17.5 Å². The smallest absolute Gasteiger partial charge is 0.330 e. The highest BCUT2D eigenvalue weighted by Crippen LogP contribution is 2.38. The number of carboxylic acids is 1. The third kappa shape index (κ3) is 6.49. The van der Waals surface area contributed by atoms with Gasteiger partial charge in [0.1, 0.15) is 12.4 Å². The number of rotatable bonds is 10. The lowest BCUT2D eigenvalue weighted by Crippen LogP contribution is -2.23. The van der Waals surface area contributed by atoms with Gasteiger partial charge in [-0.05, 0) is 35.9 Å². The standard InChI is InChI=1S/C25H26N4O6/c1-15(30)27-20-13-22(35-14-16-6-4-3-5-7-16)21(34-2)12-19(20)23(25(31)32)28-18-10-8-17(9-11-18)24(26)29-33/h3-13,23,28,33H,14H2,1-2H3,(H2,26,29)(H,27,30)(H,31,32). The number of carbonyl (C=O) groups is 2. The molecule has 0 spiro atoms. The number of hydrogen-bond donors (Lipinski definition) is 6. The molecular weight excluding hydrogens is 452 g/mol. The Morgan fingerprint density at radius 3 is 2.29 bits per heavy atom. The van der Waals surface area contributed by atoms with Crippen molar-refractivity contribution in [3.8, 4) is 11.5 Å². The van der Waals surface area contributed by atoms with Gasteiger partial charge in [-0.2, -0.15) is 0 Å². The van der Waals surface area contributed by atoms with E-state index >= 15 is 0 Å². The van der Waals surface area contributed by atoms with Crippen molar-refractivity contribution < 1.29 is 29.4 Å². The van der Waals surface area contributed by atoms with Crippen molar-refractivity contribution in [1.29, 1.82) is 5.41 Å². The minimum atomic E-state index is -1.25. The maximum Gasteiger partial charge on any atom is 0.330 e. The normalized spacial score (nSPS) is 11.2. The minimum absolute atomic E-state index is 0.199. The van der Waals surface area contributed by atoms with Gasteiger partial charge in [0.05, 0.1) is 12.8 Å². The van der Waals surface area contributed by atoms with Crippen LogP contribution in [0, 0.1) is 5.41 Å². The number of amides is 1. The summed E-state index contributed by atoms with van der Waals surface area (Å²) in [5, 5.41) is 32.1. The predicted molar refractivity (Wildman–Crippen MR) is 130 cm³/mol. The number of nitrogens with one attached hydrogen (secondary N) is 4. The Labute approximate surface area is 202 Å². The molecule has 0 heterocycles. The van der Waals surface area contributed by atoms with Gasteiger partial charge in [-0.15, -0.1) is 0 Å². The molecule has 1 atom stereocenters. The van der Waals surface area contributed by atoms with E-state index in [1.54, 1.807) is 29.7 Å². The molecule has 0 saturated carbocycles. The molecule has 0 radical (unpaired) electrons. The van der Waals surface area contributed by atoms with E-state index in [-0.39, 0.29) is 29.6 Å². The summed E-state index contributed by atoms with van der Waals surface area (Å²) in [5.41, 5.74) is 4.05. The average molecular weight is 479 g/mol. The Bertz CT molecular complexity index is 1200. The van der Waals surface area contributed by atoms with Crippen LogP contribution in [-0.4, -0.2) is 35.1 Å². The van der Waals surface area contributed by atoms with Crippen molar-refractivity contribution in [1.82, 2.24) is 5.48 Å². The molecule has 3 aromatic carbocycles. The van der Waals surface area contributed by atoms with E-state index in [1.165, 1.54) is 26.2 Å². The van der Waals surface area contributed by atoms with Crippen LogP contribution in [0.2, 0.25) is 0 Å². The molecular formula is C25H26N4O6. The monoisotopic (exact) mass is 478 g/mol. The molecule has 0 aromatic heterocycles. The van der Waals surface area contributed by atoms with Gasteiger partial charge < -0.3 is 25.2 Å². The van der Waals surface area contributed by atoms with Crippen LogP contribution >= 0.6 is 0 Å². The molecule has 0 fully saturated rings. The van der Waals surface area contributed by atoms with E-state index in [2.05, 4.69) is 10.6 Å². The van der Waals surface area contributed by atoms with Crippen LogP contribution in [0.3, 0.4) is 0 Å². The lowest BCUT2D eigenvalue weighted by atomic mass is 10.0. The number of benzene rings is 3.